The fourth-order valence-corrected chi connectivity index (χ4v) is 3.32. The molecule has 0 bridgehead atoms. The lowest BCUT2D eigenvalue weighted by atomic mass is 10.1. The predicted octanol–water partition coefficient (Wildman–Crippen LogP) is 1.20. The summed E-state index contributed by atoms with van der Waals surface area (Å²) in [7, 11) is 1.66. The topological polar surface area (TPSA) is 109 Å². The molecule has 29 heavy (non-hydrogen) atoms. The second kappa shape index (κ2) is 7.46. The third kappa shape index (κ3) is 3.86. The highest BCUT2D eigenvalue weighted by molar-refractivity contribution is 6.00. The largest absolute Gasteiger partial charge is 0.337 e. The summed E-state index contributed by atoms with van der Waals surface area (Å²) in [4.78, 5) is 31.0. The highest BCUT2D eigenvalue weighted by Gasteiger charge is 2.31. The number of carbonyl (C=O) groups excluding carboxylic acids is 2. The zero-order chi connectivity index (χ0) is 20.5. The third-order valence-corrected chi connectivity index (χ3v) is 4.81. The number of aromatic nitrogens is 5. The lowest BCUT2D eigenvalue weighted by molar-refractivity contribution is -0.120. The van der Waals surface area contributed by atoms with Crippen LogP contribution in [0.4, 0.5) is 10.2 Å². The van der Waals surface area contributed by atoms with Crippen molar-refractivity contribution in [2.45, 2.75) is 32.4 Å². The van der Waals surface area contributed by atoms with E-state index in [2.05, 4.69) is 25.6 Å². The number of H-pyrrole nitrogens is 1. The normalized spacial score (nSPS) is 16.4. The molecule has 3 aromatic rings. The second-order valence-corrected chi connectivity index (χ2v) is 6.99. The molecule has 3 heterocycles. The number of halogens is 1. The van der Waals surface area contributed by atoms with Gasteiger partial charge in [-0.2, -0.15) is 5.10 Å². The molecule has 0 aliphatic carbocycles. The molecule has 2 amide bonds. The molecule has 150 valence electrons. The Kier molecular flexibility index (Phi) is 4.83. The van der Waals surface area contributed by atoms with E-state index in [4.69, 9.17) is 0 Å². The van der Waals surface area contributed by atoms with Gasteiger partial charge in [0.15, 0.2) is 0 Å². The Balaban J connectivity index is 1.43. The van der Waals surface area contributed by atoms with Crippen LogP contribution in [0, 0.1) is 12.7 Å². The van der Waals surface area contributed by atoms with Crippen molar-refractivity contribution in [1.29, 1.82) is 0 Å². The molecule has 9 nitrogen and oxygen atoms in total. The zero-order valence-corrected chi connectivity index (χ0v) is 16.0. The van der Waals surface area contributed by atoms with E-state index < -0.39 is 11.9 Å². The first-order valence-corrected chi connectivity index (χ1v) is 9.19. The zero-order valence-electron chi connectivity index (χ0n) is 16.0. The SMILES string of the molecule is Cc1cc2n(n1)CC[C@@H](NC(=O)c1n[nH]c(Cc3ccc(F)cc3)n1)C(=O)N2C. The van der Waals surface area contributed by atoms with Crippen LogP contribution in [0.1, 0.15) is 34.1 Å². The molecule has 1 aromatic carbocycles. The van der Waals surface area contributed by atoms with Crippen LogP contribution in [0.2, 0.25) is 0 Å². The Labute approximate surface area is 165 Å². The Hall–Kier alpha value is -3.56. The van der Waals surface area contributed by atoms with Crippen LogP contribution in [0.3, 0.4) is 0 Å². The number of aromatic amines is 1. The van der Waals surface area contributed by atoms with Gasteiger partial charge in [0.05, 0.1) is 5.69 Å². The summed E-state index contributed by atoms with van der Waals surface area (Å²) in [6.07, 6.45) is 0.794. The van der Waals surface area contributed by atoms with Crippen molar-refractivity contribution in [2.24, 2.45) is 0 Å². The van der Waals surface area contributed by atoms with Gasteiger partial charge in [0.2, 0.25) is 5.82 Å². The maximum atomic E-state index is 13.0. The summed E-state index contributed by atoms with van der Waals surface area (Å²) in [5.74, 6) is 0.0513. The molecule has 0 unspecified atom stereocenters. The van der Waals surface area contributed by atoms with E-state index in [0.29, 0.717) is 31.0 Å². The Bertz CT molecular complexity index is 1060. The van der Waals surface area contributed by atoms with E-state index in [1.807, 2.05) is 13.0 Å². The summed E-state index contributed by atoms with van der Waals surface area (Å²) in [6, 6.07) is 7.14. The van der Waals surface area contributed by atoms with E-state index >= 15 is 0 Å². The van der Waals surface area contributed by atoms with Gasteiger partial charge in [-0.05, 0) is 31.0 Å². The van der Waals surface area contributed by atoms with Gasteiger partial charge in [0, 0.05) is 26.1 Å². The minimum Gasteiger partial charge on any atom is -0.337 e. The number of amides is 2. The lowest BCUT2D eigenvalue weighted by Crippen LogP contribution is -2.47. The Morgan fingerprint density at radius 3 is 2.86 bits per heavy atom. The summed E-state index contributed by atoms with van der Waals surface area (Å²) in [5.41, 5.74) is 1.66. The maximum Gasteiger partial charge on any atom is 0.291 e. The Morgan fingerprint density at radius 1 is 1.34 bits per heavy atom. The molecular weight excluding hydrogens is 377 g/mol. The molecule has 1 aliphatic rings. The van der Waals surface area contributed by atoms with Crippen molar-refractivity contribution in [3.63, 3.8) is 0 Å². The number of rotatable bonds is 4. The fraction of sp³-hybridized carbons (Fsp3) is 0.316. The number of carbonyl (C=O) groups is 2. The van der Waals surface area contributed by atoms with E-state index in [-0.39, 0.29) is 17.5 Å². The van der Waals surface area contributed by atoms with Crippen LogP contribution in [0.25, 0.3) is 0 Å². The second-order valence-electron chi connectivity index (χ2n) is 6.99. The molecule has 0 radical (unpaired) electrons. The predicted molar refractivity (Wildman–Crippen MR) is 102 cm³/mol. The van der Waals surface area contributed by atoms with Gasteiger partial charge in [0.25, 0.3) is 11.8 Å². The van der Waals surface area contributed by atoms with E-state index in [9.17, 15) is 14.0 Å². The molecule has 1 aliphatic heterocycles. The fourth-order valence-electron chi connectivity index (χ4n) is 3.32. The average molecular weight is 397 g/mol. The van der Waals surface area contributed by atoms with Crippen molar-refractivity contribution in [2.75, 3.05) is 11.9 Å². The molecule has 0 spiro atoms. The monoisotopic (exact) mass is 397 g/mol. The number of nitrogens with zero attached hydrogens (tertiary/aromatic N) is 5. The quantitative estimate of drug-likeness (QED) is 0.688. The van der Waals surface area contributed by atoms with Gasteiger partial charge in [-0.1, -0.05) is 12.1 Å². The van der Waals surface area contributed by atoms with Gasteiger partial charge in [0.1, 0.15) is 23.5 Å². The van der Waals surface area contributed by atoms with Crippen LogP contribution in [-0.2, 0) is 17.8 Å². The summed E-state index contributed by atoms with van der Waals surface area (Å²) in [5, 5.41) is 13.7. The molecule has 0 saturated carbocycles. The van der Waals surface area contributed by atoms with Gasteiger partial charge >= 0.3 is 0 Å². The molecule has 10 heteroatoms. The number of likely N-dealkylation sites (N-methyl/N-ethyl adjacent to an activating group) is 1. The van der Waals surface area contributed by atoms with Crippen LogP contribution >= 0.6 is 0 Å². The van der Waals surface area contributed by atoms with Gasteiger partial charge in [-0.25, -0.2) is 14.1 Å². The number of nitrogens with one attached hydrogen (secondary N) is 2. The summed E-state index contributed by atoms with van der Waals surface area (Å²) in [6.45, 7) is 2.37. The first-order valence-electron chi connectivity index (χ1n) is 9.19. The number of aryl methyl sites for hydroxylation is 2. The Morgan fingerprint density at radius 2 is 2.10 bits per heavy atom. The minimum absolute atomic E-state index is 0.0459. The van der Waals surface area contributed by atoms with E-state index in [0.717, 1.165) is 11.3 Å². The maximum absolute atomic E-state index is 13.0. The molecule has 0 saturated heterocycles. The molecule has 1 atom stereocenters. The minimum atomic E-state index is -0.700. The first kappa shape index (κ1) is 18.8. The van der Waals surface area contributed by atoms with Crippen LogP contribution < -0.4 is 10.2 Å². The van der Waals surface area contributed by atoms with Crippen molar-refractivity contribution in [3.05, 3.63) is 59.1 Å². The first-order chi connectivity index (χ1) is 13.9. The van der Waals surface area contributed by atoms with Crippen molar-refractivity contribution >= 4 is 17.6 Å². The van der Waals surface area contributed by atoms with Gasteiger partial charge in [-0.3, -0.25) is 19.6 Å². The standard InChI is InChI=1S/C19H20FN7O2/c1-11-9-16-26(2)19(29)14(7-8-27(16)25-11)21-18(28)17-22-15(23-24-17)10-12-3-5-13(20)6-4-12/h3-6,9,14H,7-8,10H2,1-2H3,(H,21,28)(H,22,23,24)/t14-/m1/s1. The van der Waals surface area contributed by atoms with Crippen molar-refractivity contribution < 1.29 is 14.0 Å². The molecule has 2 aromatic heterocycles. The number of hydrogen-bond acceptors (Lipinski definition) is 5. The number of anilines is 1. The molecule has 2 N–H and O–H groups in total. The van der Waals surface area contributed by atoms with Gasteiger partial charge < -0.3 is 5.32 Å². The van der Waals surface area contributed by atoms with Crippen molar-refractivity contribution in [3.8, 4) is 0 Å². The summed E-state index contributed by atoms with van der Waals surface area (Å²) < 4.78 is 14.8. The van der Waals surface area contributed by atoms with E-state index in [1.54, 1.807) is 23.9 Å². The smallest absolute Gasteiger partial charge is 0.291 e. The van der Waals surface area contributed by atoms with Gasteiger partial charge in [-0.15, -0.1) is 5.10 Å². The summed E-state index contributed by atoms with van der Waals surface area (Å²) >= 11 is 0. The molecule has 4 rings (SSSR count). The number of benzene rings is 1. The van der Waals surface area contributed by atoms with Crippen LogP contribution in [0.5, 0.6) is 0 Å². The average Bonchev–Trinajstić information content (AvgIpc) is 3.29. The van der Waals surface area contributed by atoms with Crippen LogP contribution in [-0.4, -0.2) is 49.9 Å². The third-order valence-electron chi connectivity index (χ3n) is 4.81. The number of hydrogen-bond donors (Lipinski definition) is 2. The molecule has 0 fully saturated rings. The lowest BCUT2D eigenvalue weighted by Gasteiger charge is -2.19. The highest BCUT2D eigenvalue weighted by Crippen LogP contribution is 2.21. The number of fused-ring (bicyclic) bond motifs is 1. The van der Waals surface area contributed by atoms with Crippen molar-refractivity contribution in [1.82, 2.24) is 30.3 Å². The van der Waals surface area contributed by atoms with E-state index in [1.165, 1.54) is 17.0 Å². The molecular formula is C19H20FN7O2. The van der Waals surface area contributed by atoms with Crippen LogP contribution in [0.15, 0.2) is 30.3 Å². The highest BCUT2D eigenvalue weighted by atomic mass is 19.1.